The molecule has 3 N–H and O–H groups in total. The Labute approximate surface area is 180 Å². The van der Waals surface area contributed by atoms with Crippen LogP contribution in [0.1, 0.15) is 25.1 Å². The number of benzene rings is 1. The van der Waals surface area contributed by atoms with E-state index in [1.807, 2.05) is 6.07 Å². The molecule has 3 aromatic rings. The first kappa shape index (κ1) is 22.8. The van der Waals surface area contributed by atoms with E-state index < -0.39 is 23.3 Å². The summed E-state index contributed by atoms with van der Waals surface area (Å²) in [5.74, 6) is -1.07. The molecule has 8 nitrogen and oxygen atoms in total. The molecule has 0 bridgehead atoms. The van der Waals surface area contributed by atoms with E-state index in [9.17, 15) is 22.7 Å². The van der Waals surface area contributed by atoms with Gasteiger partial charge in [0.1, 0.15) is 17.2 Å². The summed E-state index contributed by atoms with van der Waals surface area (Å²) < 4.78 is 52.9. The van der Waals surface area contributed by atoms with Crippen LogP contribution in [0.3, 0.4) is 0 Å². The van der Waals surface area contributed by atoms with Crippen LogP contribution in [0.5, 0.6) is 0 Å². The summed E-state index contributed by atoms with van der Waals surface area (Å²) in [4.78, 5) is 15.8. The van der Waals surface area contributed by atoms with E-state index in [4.69, 9.17) is 5.26 Å². The Morgan fingerprint density at radius 1 is 1.03 bits per heavy atom. The molecule has 2 aromatic heterocycles. The molecule has 0 spiro atoms. The summed E-state index contributed by atoms with van der Waals surface area (Å²) in [7, 11) is 0. The van der Waals surface area contributed by atoms with E-state index in [1.54, 1.807) is 0 Å². The number of anilines is 3. The molecule has 0 unspecified atom stereocenters. The van der Waals surface area contributed by atoms with Crippen molar-refractivity contribution in [2.45, 2.75) is 25.6 Å². The number of aliphatic hydroxyl groups is 1. The second-order valence-corrected chi connectivity index (χ2v) is 7.34. The molecule has 2 heterocycles. The zero-order chi connectivity index (χ0) is 23.5. The Balaban J connectivity index is 2.04. The van der Waals surface area contributed by atoms with Crippen LogP contribution in [0, 0.1) is 17.1 Å². The van der Waals surface area contributed by atoms with Crippen molar-refractivity contribution in [2.24, 2.45) is 0 Å². The maximum atomic E-state index is 13.7. The summed E-state index contributed by atoms with van der Waals surface area (Å²) in [5, 5.41) is 24.4. The second kappa shape index (κ2) is 8.72. The Kier molecular flexibility index (Phi) is 6.22. The highest BCUT2D eigenvalue weighted by Crippen LogP contribution is 2.29. The summed E-state index contributed by atoms with van der Waals surface area (Å²) in [6.07, 6.45) is -4.67. The Morgan fingerprint density at radius 2 is 1.75 bits per heavy atom. The molecular formula is C20H17F4N7O. The van der Waals surface area contributed by atoms with Crippen molar-refractivity contribution in [3.63, 3.8) is 0 Å². The van der Waals surface area contributed by atoms with Crippen molar-refractivity contribution >= 4 is 17.6 Å². The van der Waals surface area contributed by atoms with Crippen molar-refractivity contribution in [2.75, 3.05) is 17.2 Å². The van der Waals surface area contributed by atoms with Gasteiger partial charge in [-0.3, -0.25) is 0 Å². The maximum Gasteiger partial charge on any atom is 0.433 e. The molecule has 32 heavy (non-hydrogen) atoms. The zero-order valence-corrected chi connectivity index (χ0v) is 16.9. The zero-order valence-electron chi connectivity index (χ0n) is 16.9. The minimum absolute atomic E-state index is 0.0183. The van der Waals surface area contributed by atoms with Crippen LogP contribution in [0.4, 0.5) is 35.1 Å². The number of nitrogens with one attached hydrogen (secondary N) is 2. The summed E-state index contributed by atoms with van der Waals surface area (Å²) >= 11 is 0. The first-order valence-electron chi connectivity index (χ1n) is 9.18. The van der Waals surface area contributed by atoms with Gasteiger partial charge in [-0.2, -0.15) is 33.4 Å². The van der Waals surface area contributed by atoms with Crippen LogP contribution >= 0.6 is 0 Å². The minimum atomic E-state index is -4.67. The third-order valence-corrected chi connectivity index (χ3v) is 3.87. The molecule has 1 aromatic carbocycles. The third-order valence-electron chi connectivity index (χ3n) is 3.87. The van der Waals surface area contributed by atoms with E-state index in [1.165, 1.54) is 26.0 Å². The van der Waals surface area contributed by atoms with E-state index >= 15 is 0 Å². The lowest BCUT2D eigenvalue weighted by Crippen LogP contribution is -2.30. The van der Waals surface area contributed by atoms with Crippen LogP contribution in [-0.2, 0) is 6.18 Å². The van der Waals surface area contributed by atoms with Crippen molar-refractivity contribution in [3.05, 3.63) is 53.5 Å². The molecule has 0 aliphatic heterocycles. The normalized spacial score (nSPS) is 11.7. The van der Waals surface area contributed by atoms with Crippen molar-refractivity contribution in [3.8, 4) is 17.6 Å². The van der Waals surface area contributed by atoms with E-state index in [2.05, 4.69) is 30.6 Å². The van der Waals surface area contributed by atoms with Gasteiger partial charge in [0.05, 0.1) is 17.2 Å². The SMILES string of the molecule is CC(C)(O)CNc1nc(Nc2cc(F)cc(C#N)c2)nc(-c2cccc(C(F)(F)F)n2)n1. The Bertz CT molecular complexity index is 1170. The molecule has 0 amide bonds. The molecular weight excluding hydrogens is 430 g/mol. The van der Waals surface area contributed by atoms with Crippen LogP contribution in [0.15, 0.2) is 36.4 Å². The molecule has 0 fully saturated rings. The first-order chi connectivity index (χ1) is 14.9. The van der Waals surface area contributed by atoms with Crippen LogP contribution in [0.2, 0.25) is 0 Å². The average molecular weight is 447 g/mol. The molecule has 0 saturated carbocycles. The molecule has 0 aliphatic carbocycles. The Hall–Kier alpha value is -3.85. The highest BCUT2D eigenvalue weighted by molar-refractivity contribution is 5.60. The topological polar surface area (TPSA) is 120 Å². The van der Waals surface area contributed by atoms with Gasteiger partial charge >= 0.3 is 6.18 Å². The van der Waals surface area contributed by atoms with Crippen LogP contribution in [0.25, 0.3) is 11.5 Å². The summed E-state index contributed by atoms with van der Waals surface area (Å²) in [6, 6.07) is 8.56. The van der Waals surface area contributed by atoms with Crippen molar-refractivity contribution < 1.29 is 22.7 Å². The van der Waals surface area contributed by atoms with E-state index in [0.717, 1.165) is 24.3 Å². The van der Waals surface area contributed by atoms with E-state index in [0.29, 0.717) is 0 Å². The predicted molar refractivity (Wildman–Crippen MR) is 107 cm³/mol. The van der Waals surface area contributed by atoms with Gasteiger partial charge in [-0.15, -0.1) is 0 Å². The number of halogens is 4. The molecule has 12 heteroatoms. The lowest BCUT2D eigenvalue weighted by atomic mass is 10.1. The number of nitrogens with zero attached hydrogens (tertiary/aromatic N) is 5. The predicted octanol–water partition coefficient (Wildman–Crippen LogP) is 3.89. The van der Waals surface area contributed by atoms with E-state index in [-0.39, 0.29) is 41.2 Å². The lowest BCUT2D eigenvalue weighted by Gasteiger charge is -2.18. The summed E-state index contributed by atoms with van der Waals surface area (Å²) in [5.41, 5.74) is -2.25. The third kappa shape index (κ3) is 6.08. The van der Waals surface area contributed by atoms with Gasteiger partial charge in [0, 0.05) is 12.2 Å². The highest BCUT2D eigenvalue weighted by Gasteiger charge is 2.32. The molecule has 0 atom stereocenters. The van der Waals surface area contributed by atoms with Gasteiger partial charge in [-0.1, -0.05) is 6.07 Å². The highest BCUT2D eigenvalue weighted by atomic mass is 19.4. The van der Waals surface area contributed by atoms with Crippen LogP contribution in [-0.4, -0.2) is 37.2 Å². The molecule has 3 rings (SSSR count). The van der Waals surface area contributed by atoms with Crippen LogP contribution < -0.4 is 10.6 Å². The molecule has 0 aliphatic rings. The first-order valence-corrected chi connectivity index (χ1v) is 9.18. The number of pyridine rings is 1. The quantitative estimate of drug-likeness (QED) is 0.487. The average Bonchev–Trinajstić information content (AvgIpc) is 2.70. The fourth-order valence-corrected chi connectivity index (χ4v) is 2.49. The number of hydrogen-bond acceptors (Lipinski definition) is 8. The standard InChI is InChI=1S/C20H17F4N7O/c1-19(2,32)10-26-17-29-16(14-4-3-5-15(28-14)20(22,23)24)30-18(31-17)27-13-7-11(9-25)6-12(21)8-13/h3-8,32H,10H2,1-2H3,(H2,26,27,29,30,31). The fourth-order valence-electron chi connectivity index (χ4n) is 2.49. The van der Waals surface area contributed by atoms with Gasteiger partial charge in [-0.25, -0.2) is 9.37 Å². The molecule has 0 radical (unpaired) electrons. The summed E-state index contributed by atoms with van der Waals surface area (Å²) in [6.45, 7) is 3.09. The van der Waals surface area contributed by atoms with Crippen molar-refractivity contribution in [1.29, 1.82) is 5.26 Å². The minimum Gasteiger partial charge on any atom is -0.389 e. The van der Waals surface area contributed by atoms with Gasteiger partial charge in [0.25, 0.3) is 0 Å². The number of nitriles is 1. The smallest absolute Gasteiger partial charge is 0.389 e. The van der Waals surface area contributed by atoms with Crippen molar-refractivity contribution in [1.82, 2.24) is 19.9 Å². The Morgan fingerprint density at radius 3 is 2.41 bits per heavy atom. The molecule has 166 valence electrons. The largest absolute Gasteiger partial charge is 0.433 e. The second-order valence-electron chi connectivity index (χ2n) is 7.34. The molecule has 0 saturated heterocycles. The lowest BCUT2D eigenvalue weighted by molar-refractivity contribution is -0.141. The monoisotopic (exact) mass is 447 g/mol. The maximum absolute atomic E-state index is 13.7. The van der Waals surface area contributed by atoms with Gasteiger partial charge in [-0.05, 0) is 44.2 Å². The number of aromatic nitrogens is 4. The number of hydrogen-bond donors (Lipinski definition) is 3. The number of alkyl halides is 3. The van der Waals surface area contributed by atoms with Gasteiger partial charge in [0.15, 0.2) is 5.82 Å². The van der Waals surface area contributed by atoms with Gasteiger partial charge in [0.2, 0.25) is 11.9 Å². The fraction of sp³-hybridized carbons (Fsp3) is 0.250. The number of rotatable bonds is 6. The van der Waals surface area contributed by atoms with Gasteiger partial charge < -0.3 is 15.7 Å².